The van der Waals surface area contributed by atoms with Gasteiger partial charge < -0.3 is 19.5 Å². The van der Waals surface area contributed by atoms with Crippen molar-refractivity contribution in [3.63, 3.8) is 0 Å². The summed E-state index contributed by atoms with van der Waals surface area (Å²) in [7, 11) is 1.66. The molecule has 0 saturated heterocycles. The topological polar surface area (TPSA) is 39.7 Å². The first-order chi connectivity index (χ1) is 8.86. The van der Waals surface area contributed by atoms with Crippen molar-refractivity contribution in [3.8, 4) is 17.2 Å². The average molecular weight is 249 g/mol. The molecule has 0 aromatic heterocycles. The van der Waals surface area contributed by atoms with E-state index in [1.807, 2.05) is 12.1 Å². The van der Waals surface area contributed by atoms with E-state index in [-0.39, 0.29) is 0 Å². The minimum Gasteiger partial charge on any atom is -0.493 e. The number of hydrogen-bond donors (Lipinski definition) is 1. The molecule has 1 N–H and O–H groups in total. The Labute approximate surface area is 107 Å². The van der Waals surface area contributed by atoms with Crippen molar-refractivity contribution in [2.45, 2.75) is 19.4 Å². The maximum Gasteiger partial charge on any atom is 0.203 e. The molecule has 1 aromatic rings. The standard InChI is InChI=1S/C14H19NO3/c1-16-12-6-11(9-15-8-10-2-3-10)7-13-14(12)18-5-4-17-13/h6-7,10,15H,2-5,8-9H2,1H3. The highest BCUT2D eigenvalue weighted by atomic mass is 16.6. The zero-order chi connectivity index (χ0) is 12.4. The van der Waals surface area contributed by atoms with Gasteiger partial charge in [-0.05, 0) is 43.0 Å². The minimum absolute atomic E-state index is 0.586. The molecule has 1 heterocycles. The number of methoxy groups -OCH3 is 1. The molecule has 0 bridgehead atoms. The second-order valence-corrected chi connectivity index (χ2v) is 4.90. The summed E-state index contributed by atoms with van der Waals surface area (Å²) in [5, 5.41) is 3.47. The van der Waals surface area contributed by atoms with Crippen molar-refractivity contribution in [1.82, 2.24) is 5.32 Å². The molecule has 1 aliphatic heterocycles. The third-order valence-corrected chi connectivity index (χ3v) is 3.35. The molecule has 1 aliphatic carbocycles. The van der Waals surface area contributed by atoms with Gasteiger partial charge in [-0.3, -0.25) is 0 Å². The lowest BCUT2D eigenvalue weighted by Gasteiger charge is -2.21. The molecular weight excluding hydrogens is 230 g/mol. The molecule has 0 unspecified atom stereocenters. The van der Waals surface area contributed by atoms with E-state index >= 15 is 0 Å². The summed E-state index contributed by atoms with van der Waals surface area (Å²) < 4.78 is 16.6. The van der Waals surface area contributed by atoms with Crippen molar-refractivity contribution in [2.75, 3.05) is 26.9 Å². The predicted octanol–water partition coefficient (Wildman–Crippen LogP) is 1.97. The van der Waals surface area contributed by atoms with E-state index in [4.69, 9.17) is 14.2 Å². The Morgan fingerprint density at radius 1 is 1.28 bits per heavy atom. The molecule has 0 atom stereocenters. The first kappa shape index (κ1) is 11.7. The quantitative estimate of drug-likeness (QED) is 0.866. The van der Waals surface area contributed by atoms with Gasteiger partial charge in [0.2, 0.25) is 5.75 Å². The molecule has 1 aromatic carbocycles. The second-order valence-electron chi connectivity index (χ2n) is 4.90. The van der Waals surface area contributed by atoms with E-state index < -0.39 is 0 Å². The maximum atomic E-state index is 5.61. The molecule has 98 valence electrons. The van der Waals surface area contributed by atoms with Gasteiger partial charge in [0, 0.05) is 6.54 Å². The molecule has 1 fully saturated rings. The number of nitrogens with one attached hydrogen (secondary N) is 1. The first-order valence-corrected chi connectivity index (χ1v) is 6.54. The molecule has 0 spiro atoms. The first-order valence-electron chi connectivity index (χ1n) is 6.54. The lowest BCUT2D eigenvalue weighted by molar-refractivity contribution is 0.165. The van der Waals surface area contributed by atoms with Crippen molar-refractivity contribution >= 4 is 0 Å². The smallest absolute Gasteiger partial charge is 0.203 e. The molecule has 3 rings (SSSR count). The lowest BCUT2D eigenvalue weighted by atomic mass is 10.1. The van der Waals surface area contributed by atoms with Crippen LogP contribution in [0.3, 0.4) is 0 Å². The largest absolute Gasteiger partial charge is 0.493 e. The molecule has 2 aliphatic rings. The van der Waals surface area contributed by atoms with Gasteiger partial charge in [-0.2, -0.15) is 0 Å². The van der Waals surface area contributed by atoms with Crippen LogP contribution in [0.1, 0.15) is 18.4 Å². The molecule has 4 heteroatoms. The van der Waals surface area contributed by atoms with Gasteiger partial charge in [0.1, 0.15) is 13.2 Å². The number of rotatable bonds is 5. The fourth-order valence-corrected chi connectivity index (χ4v) is 2.17. The van der Waals surface area contributed by atoms with Gasteiger partial charge in [-0.1, -0.05) is 0 Å². The fraction of sp³-hybridized carbons (Fsp3) is 0.571. The third-order valence-electron chi connectivity index (χ3n) is 3.35. The molecular formula is C14H19NO3. The van der Waals surface area contributed by atoms with Crippen LogP contribution in [-0.4, -0.2) is 26.9 Å². The minimum atomic E-state index is 0.586. The van der Waals surface area contributed by atoms with Crippen LogP contribution in [0.15, 0.2) is 12.1 Å². The number of hydrogen-bond acceptors (Lipinski definition) is 4. The summed E-state index contributed by atoms with van der Waals surface area (Å²) in [4.78, 5) is 0. The van der Waals surface area contributed by atoms with Crippen molar-refractivity contribution in [1.29, 1.82) is 0 Å². The van der Waals surface area contributed by atoms with Crippen LogP contribution in [-0.2, 0) is 6.54 Å². The molecule has 0 radical (unpaired) electrons. The van der Waals surface area contributed by atoms with Crippen LogP contribution < -0.4 is 19.5 Å². The third kappa shape index (κ3) is 2.53. The maximum absolute atomic E-state index is 5.61. The summed E-state index contributed by atoms with van der Waals surface area (Å²) in [5.41, 5.74) is 1.18. The van der Waals surface area contributed by atoms with E-state index in [9.17, 15) is 0 Å². The van der Waals surface area contributed by atoms with E-state index in [1.54, 1.807) is 7.11 Å². The highest BCUT2D eigenvalue weighted by Gasteiger charge is 2.21. The number of ether oxygens (including phenoxy) is 3. The normalized spacial score (nSPS) is 17.6. The summed E-state index contributed by atoms with van der Waals surface area (Å²) in [6.45, 7) is 3.15. The Kier molecular flexibility index (Phi) is 3.28. The van der Waals surface area contributed by atoms with Crippen molar-refractivity contribution in [2.24, 2.45) is 5.92 Å². The van der Waals surface area contributed by atoms with Crippen LogP contribution in [0.5, 0.6) is 17.2 Å². The highest BCUT2D eigenvalue weighted by Crippen LogP contribution is 2.40. The van der Waals surface area contributed by atoms with Gasteiger partial charge in [0.05, 0.1) is 7.11 Å². The van der Waals surface area contributed by atoms with E-state index in [0.717, 1.165) is 36.3 Å². The van der Waals surface area contributed by atoms with Gasteiger partial charge in [-0.15, -0.1) is 0 Å². The van der Waals surface area contributed by atoms with Crippen molar-refractivity contribution < 1.29 is 14.2 Å². The predicted molar refractivity (Wildman–Crippen MR) is 68.4 cm³/mol. The van der Waals surface area contributed by atoms with Crippen LogP contribution in [0.25, 0.3) is 0 Å². The summed E-state index contributed by atoms with van der Waals surface area (Å²) in [5.74, 6) is 3.18. The van der Waals surface area contributed by atoms with Gasteiger partial charge >= 0.3 is 0 Å². The van der Waals surface area contributed by atoms with Gasteiger partial charge in [0.25, 0.3) is 0 Å². The Balaban J connectivity index is 1.72. The van der Waals surface area contributed by atoms with E-state index in [2.05, 4.69) is 5.32 Å². The Bertz CT molecular complexity index is 412. The molecule has 0 amide bonds. The molecule has 4 nitrogen and oxygen atoms in total. The SMILES string of the molecule is COc1cc(CNCC2CC2)cc2c1OCCO2. The fourth-order valence-electron chi connectivity index (χ4n) is 2.17. The van der Waals surface area contributed by atoms with Crippen molar-refractivity contribution in [3.05, 3.63) is 17.7 Å². The summed E-state index contributed by atoms with van der Waals surface area (Å²) in [6, 6.07) is 4.06. The van der Waals surface area contributed by atoms with Crippen LogP contribution in [0.2, 0.25) is 0 Å². The van der Waals surface area contributed by atoms with E-state index in [1.165, 1.54) is 18.4 Å². The van der Waals surface area contributed by atoms with Crippen LogP contribution >= 0.6 is 0 Å². The van der Waals surface area contributed by atoms with E-state index in [0.29, 0.717) is 13.2 Å². The zero-order valence-corrected chi connectivity index (χ0v) is 10.7. The second kappa shape index (κ2) is 5.06. The Morgan fingerprint density at radius 2 is 2.11 bits per heavy atom. The molecule has 18 heavy (non-hydrogen) atoms. The summed E-state index contributed by atoms with van der Waals surface area (Å²) in [6.07, 6.45) is 2.74. The Morgan fingerprint density at radius 3 is 2.89 bits per heavy atom. The average Bonchev–Trinajstić information content (AvgIpc) is 3.22. The van der Waals surface area contributed by atoms with Gasteiger partial charge in [-0.25, -0.2) is 0 Å². The number of fused-ring (bicyclic) bond motifs is 1. The zero-order valence-electron chi connectivity index (χ0n) is 10.7. The Hall–Kier alpha value is -1.42. The van der Waals surface area contributed by atoms with Crippen LogP contribution in [0.4, 0.5) is 0 Å². The highest BCUT2D eigenvalue weighted by molar-refractivity contribution is 5.54. The monoisotopic (exact) mass is 249 g/mol. The number of benzene rings is 1. The van der Waals surface area contributed by atoms with Gasteiger partial charge in [0.15, 0.2) is 11.5 Å². The van der Waals surface area contributed by atoms with Crippen LogP contribution in [0, 0.1) is 5.92 Å². The summed E-state index contributed by atoms with van der Waals surface area (Å²) >= 11 is 0. The lowest BCUT2D eigenvalue weighted by Crippen LogP contribution is -2.18. The molecule has 1 saturated carbocycles.